The zero-order chi connectivity index (χ0) is 11.3. The van der Waals surface area contributed by atoms with Gasteiger partial charge in [-0.05, 0) is 18.2 Å². The fourth-order valence-corrected chi connectivity index (χ4v) is 1.10. The molecule has 1 aromatic carbocycles. The zero-order valence-corrected chi connectivity index (χ0v) is 8.72. The summed E-state index contributed by atoms with van der Waals surface area (Å²) < 4.78 is 17.2. The fraction of sp³-hybridized carbons (Fsp3) is 0.100. The van der Waals surface area contributed by atoms with Crippen LogP contribution in [0.4, 0.5) is 10.1 Å². The van der Waals surface area contributed by atoms with Gasteiger partial charge in [-0.3, -0.25) is 4.79 Å². The predicted molar refractivity (Wildman–Crippen MR) is 56.3 cm³/mol. The highest BCUT2D eigenvalue weighted by Gasteiger charge is 2.08. The molecule has 1 amide bonds. The molecule has 0 aliphatic heterocycles. The summed E-state index contributed by atoms with van der Waals surface area (Å²) in [4.78, 5) is 11.1. The van der Waals surface area contributed by atoms with Crippen LogP contribution in [0.3, 0.4) is 0 Å². The van der Waals surface area contributed by atoms with Gasteiger partial charge in [0.05, 0.1) is 7.11 Å². The number of hydrogen-bond acceptors (Lipinski definition) is 2. The largest absolute Gasteiger partial charge is 0.501 e. The van der Waals surface area contributed by atoms with Gasteiger partial charge in [0.25, 0.3) is 5.91 Å². The van der Waals surface area contributed by atoms with E-state index in [2.05, 4.69) is 10.1 Å². The van der Waals surface area contributed by atoms with Crippen molar-refractivity contribution in [3.05, 3.63) is 41.4 Å². The topological polar surface area (TPSA) is 38.3 Å². The summed E-state index contributed by atoms with van der Waals surface area (Å²) in [6, 6.07) is 6.41. The average Bonchev–Trinajstić information content (AvgIpc) is 2.18. The lowest BCUT2D eigenvalue weighted by molar-refractivity contribution is -0.114. The van der Waals surface area contributed by atoms with E-state index in [1.54, 1.807) is 18.2 Å². The molecule has 1 rings (SSSR count). The molecule has 1 aromatic rings. The molecule has 0 fully saturated rings. The van der Waals surface area contributed by atoms with Crippen LogP contribution in [-0.2, 0) is 9.53 Å². The molecule has 0 aliphatic carbocycles. The Labute approximate surface area is 91.5 Å². The number of hydrogen-bond donors (Lipinski definition) is 1. The van der Waals surface area contributed by atoms with Crippen molar-refractivity contribution in [3.8, 4) is 0 Å². The van der Waals surface area contributed by atoms with Crippen molar-refractivity contribution < 1.29 is 13.9 Å². The molecule has 0 atom stereocenters. The van der Waals surface area contributed by atoms with Crippen molar-refractivity contribution in [1.29, 1.82) is 0 Å². The van der Waals surface area contributed by atoms with Gasteiger partial charge < -0.3 is 10.1 Å². The lowest BCUT2D eigenvalue weighted by Crippen LogP contribution is -2.11. The van der Waals surface area contributed by atoms with E-state index in [0.29, 0.717) is 10.7 Å². The molecule has 0 saturated carbocycles. The third-order valence-corrected chi connectivity index (χ3v) is 1.76. The fourth-order valence-electron chi connectivity index (χ4n) is 0.914. The number of anilines is 1. The number of nitrogens with one attached hydrogen (secondary N) is 1. The van der Waals surface area contributed by atoms with Crippen molar-refractivity contribution in [2.75, 3.05) is 12.4 Å². The first-order valence-corrected chi connectivity index (χ1v) is 4.46. The van der Waals surface area contributed by atoms with E-state index in [4.69, 9.17) is 11.6 Å². The summed E-state index contributed by atoms with van der Waals surface area (Å²) in [5, 5.41) is 2.78. The zero-order valence-electron chi connectivity index (χ0n) is 7.96. The number of ether oxygens (including phenoxy) is 1. The van der Waals surface area contributed by atoms with Gasteiger partial charge in [-0.15, -0.1) is 0 Å². The van der Waals surface area contributed by atoms with Crippen molar-refractivity contribution in [2.45, 2.75) is 0 Å². The van der Waals surface area contributed by atoms with Gasteiger partial charge in [-0.1, -0.05) is 17.7 Å². The number of amides is 1. The van der Waals surface area contributed by atoms with Gasteiger partial charge in [0, 0.05) is 10.7 Å². The lowest BCUT2D eigenvalue weighted by Gasteiger charge is -2.03. The van der Waals surface area contributed by atoms with Crippen molar-refractivity contribution in [3.63, 3.8) is 0 Å². The third kappa shape index (κ3) is 3.59. The van der Waals surface area contributed by atoms with Gasteiger partial charge in [0.15, 0.2) is 0 Å². The van der Waals surface area contributed by atoms with E-state index < -0.39 is 11.7 Å². The van der Waals surface area contributed by atoms with E-state index in [1.165, 1.54) is 13.2 Å². The van der Waals surface area contributed by atoms with Gasteiger partial charge in [0.2, 0.25) is 5.83 Å². The molecule has 0 bridgehead atoms. The molecule has 0 spiro atoms. The minimum atomic E-state index is -1.00. The van der Waals surface area contributed by atoms with Gasteiger partial charge >= 0.3 is 0 Å². The van der Waals surface area contributed by atoms with Crippen molar-refractivity contribution in [2.24, 2.45) is 0 Å². The number of halogens is 2. The highest BCUT2D eigenvalue weighted by molar-refractivity contribution is 6.30. The second kappa shape index (κ2) is 5.36. The van der Waals surface area contributed by atoms with E-state index >= 15 is 0 Å². The summed E-state index contributed by atoms with van der Waals surface area (Å²) in [5.41, 5.74) is 0.423. The van der Waals surface area contributed by atoms with Crippen LogP contribution in [0.25, 0.3) is 0 Å². The second-order valence-corrected chi connectivity index (χ2v) is 3.10. The standard InChI is InChI=1S/C10H9ClFNO2/c1-15-6-9(12)10(14)13-8-4-2-3-7(11)5-8/h2-6H,1H3,(H,13,14)/b9-6+. The Hall–Kier alpha value is -1.55. The molecular formula is C10H9ClFNO2. The number of benzene rings is 1. The van der Waals surface area contributed by atoms with Crippen LogP contribution in [0.15, 0.2) is 36.4 Å². The van der Waals surface area contributed by atoms with Crippen molar-refractivity contribution in [1.82, 2.24) is 0 Å². The molecular weight excluding hydrogens is 221 g/mol. The van der Waals surface area contributed by atoms with Crippen LogP contribution in [0.2, 0.25) is 5.02 Å². The first kappa shape index (κ1) is 11.5. The minimum absolute atomic E-state index is 0.423. The molecule has 0 unspecified atom stereocenters. The van der Waals surface area contributed by atoms with Crippen LogP contribution in [0.5, 0.6) is 0 Å². The smallest absolute Gasteiger partial charge is 0.287 e. The lowest BCUT2D eigenvalue weighted by atomic mass is 10.3. The molecule has 0 aliphatic rings. The molecule has 0 radical (unpaired) electrons. The maximum absolute atomic E-state index is 12.9. The van der Waals surface area contributed by atoms with Crippen LogP contribution in [0.1, 0.15) is 0 Å². The maximum atomic E-state index is 12.9. The van der Waals surface area contributed by atoms with Crippen LogP contribution in [-0.4, -0.2) is 13.0 Å². The van der Waals surface area contributed by atoms with Gasteiger partial charge in [-0.2, -0.15) is 4.39 Å². The first-order valence-electron chi connectivity index (χ1n) is 4.09. The Morgan fingerprint density at radius 2 is 2.33 bits per heavy atom. The van der Waals surface area contributed by atoms with Gasteiger partial charge in [-0.25, -0.2) is 0 Å². The second-order valence-electron chi connectivity index (χ2n) is 2.67. The van der Waals surface area contributed by atoms with Gasteiger partial charge in [0.1, 0.15) is 6.26 Å². The first-order chi connectivity index (χ1) is 7.13. The van der Waals surface area contributed by atoms with E-state index in [9.17, 15) is 9.18 Å². The summed E-state index contributed by atoms with van der Waals surface area (Å²) in [6.07, 6.45) is 0.722. The Morgan fingerprint density at radius 1 is 1.60 bits per heavy atom. The summed E-state index contributed by atoms with van der Waals surface area (Å²) in [5.74, 6) is -1.88. The predicted octanol–water partition coefficient (Wildman–Crippen LogP) is 2.74. The molecule has 3 nitrogen and oxygen atoms in total. The van der Waals surface area contributed by atoms with E-state index in [-0.39, 0.29) is 0 Å². The van der Waals surface area contributed by atoms with E-state index in [1.807, 2.05) is 0 Å². The number of rotatable bonds is 3. The molecule has 80 valence electrons. The van der Waals surface area contributed by atoms with E-state index in [0.717, 1.165) is 6.26 Å². The molecule has 5 heteroatoms. The molecule has 0 saturated heterocycles. The Bertz CT molecular complexity index is 393. The molecule has 0 heterocycles. The van der Waals surface area contributed by atoms with Crippen LogP contribution >= 0.6 is 11.6 Å². The Kier molecular flexibility index (Phi) is 4.12. The van der Waals surface area contributed by atoms with Crippen LogP contribution in [0, 0.1) is 0 Å². The number of carbonyl (C=O) groups is 1. The highest BCUT2D eigenvalue weighted by Crippen LogP contribution is 2.15. The summed E-state index contributed by atoms with van der Waals surface area (Å²) >= 11 is 5.68. The molecule has 15 heavy (non-hydrogen) atoms. The minimum Gasteiger partial charge on any atom is -0.501 e. The average molecular weight is 230 g/mol. The third-order valence-electron chi connectivity index (χ3n) is 1.52. The molecule has 0 aromatic heterocycles. The van der Waals surface area contributed by atoms with Crippen molar-refractivity contribution >= 4 is 23.2 Å². The number of carbonyl (C=O) groups excluding carboxylic acids is 1. The van der Waals surface area contributed by atoms with Crippen LogP contribution < -0.4 is 5.32 Å². The monoisotopic (exact) mass is 229 g/mol. The molecule has 1 N–H and O–H groups in total. The SMILES string of the molecule is CO/C=C(/F)C(=O)Nc1cccc(Cl)c1. The summed E-state index contributed by atoms with van der Waals surface area (Å²) in [7, 11) is 1.26. The Balaban J connectivity index is 2.70. The quantitative estimate of drug-likeness (QED) is 0.639. The normalized spacial score (nSPS) is 11.0. The summed E-state index contributed by atoms with van der Waals surface area (Å²) in [6.45, 7) is 0. The Morgan fingerprint density at radius 3 is 2.93 bits per heavy atom. The number of methoxy groups -OCH3 is 1. The maximum Gasteiger partial charge on any atom is 0.287 e. The highest BCUT2D eigenvalue weighted by atomic mass is 35.5.